The van der Waals surface area contributed by atoms with E-state index in [1.54, 1.807) is 0 Å². The van der Waals surface area contributed by atoms with E-state index in [1.165, 1.54) is 57.8 Å². The van der Waals surface area contributed by atoms with Crippen molar-refractivity contribution in [1.29, 1.82) is 0 Å². The van der Waals surface area contributed by atoms with Gasteiger partial charge in [0.25, 0.3) is 5.91 Å². The number of amides is 2. The van der Waals surface area contributed by atoms with Crippen molar-refractivity contribution in [3.8, 4) is 0 Å². The topological polar surface area (TPSA) is 92.4 Å². The van der Waals surface area contributed by atoms with Gasteiger partial charge >= 0.3 is 0 Å². The van der Waals surface area contributed by atoms with Crippen molar-refractivity contribution in [3.05, 3.63) is 12.2 Å². The molecule has 170 valence electrons. The highest BCUT2D eigenvalue weighted by molar-refractivity contribution is 5.97. The number of nitrogens with two attached hydrogens (primary N) is 1. The van der Waals surface area contributed by atoms with E-state index < -0.39 is 18.1 Å². The number of carbonyl (C=O) groups excluding carboxylic acids is 2. The van der Waals surface area contributed by atoms with Crippen molar-refractivity contribution in [1.82, 2.24) is 5.32 Å². The first-order valence-corrected chi connectivity index (χ1v) is 11.8. The van der Waals surface area contributed by atoms with Gasteiger partial charge in [0.2, 0.25) is 5.91 Å². The third-order valence-corrected chi connectivity index (χ3v) is 5.33. The van der Waals surface area contributed by atoms with Crippen LogP contribution in [0, 0.1) is 5.92 Å². The van der Waals surface area contributed by atoms with E-state index in [1.807, 2.05) is 13.8 Å². The maximum atomic E-state index is 11.8. The van der Waals surface area contributed by atoms with Crippen molar-refractivity contribution in [2.24, 2.45) is 11.7 Å². The lowest BCUT2D eigenvalue weighted by Gasteiger charge is -2.20. The average Bonchev–Trinajstić information content (AvgIpc) is 2.69. The molecule has 2 atom stereocenters. The smallest absolute Gasteiger partial charge is 0.257 e. The fourth-order valence-corrected chi connectivity index (χ4v) is 3.17. The van der Waals surface area contributed by atoms with E-state index in [2.05, 4.69) is 24.4 Å². The van der Waals surface area contributed by atoms with Crippen molar-refractivity contribution >= 4 is 11.8 Å². The van der Waals surface area contributed by atoms with Crippen LogP contribution in [0.2, 0.25) is 0 Å². The zero-order chi connectivity index (χ0) is 21.9. The van der Waals surface area contributed by atoms with Gasteiger partial charge in [-0.3, -0.25) is 14.9 Å². The normalized spacial score (nSPS) is 13.7. The van der Waals surface area contributed by atoms with Crippen molar-refractivity contribution in [3.63, 3.8) is 0 Å². The molecule has 1 unspecified atom stereocenters. The molecule has 0 fully saturated rings. The summed E-state index contributed by atoms with van der Waals surface area (Å²) in [5.74, 6) is -1.05. The van der Waals surface area contributed by atoms with Crippen LogP contribution in [0.4, 0.5) is 0 Å². The molecule has 0 aliphatic carbocycles. The van der Waals surface area contributed by atoms with Gasteiger partial charge in [0.1, 0.15) is 6.10 Å². The molecule has 0 rings (SSSR count). The molecule has 0 aliphatic rings. The van der Waals surface area contributed by atoms with E-state index in [0.29, 0.717) is 6.42 Å². The van der Waals surface area contributed by atoms with Crippen molar-refractivity contribution < 1.29 is 14.7 Å². The van der Waals surface area contributed by atoms with Crippen LogP contribution in [-0.4, -0.2) is 29.1 Å². The van der Waals surface area contributed by atoms with E-state index in [9.17, 15) is 14.7 Å². The molecule has 5 nitrogen and oxygen atoms in total. The van der Waals surface area contributed by atoms with Crippen molar-refractivity contribution in [2.45, 2.75) is 123 Å². The van der Waals surface area contributed by atoms with Gasteiger partial charge in [0.05, 0.1) is 0 Å². The first-order chi connectivity index (χ1) is 13.9. The monoisotopic (exact) mass is 410 g/mol. The molecule has 0 spiro atoms. The Morgan fingerprint density at radius 3 is 1.86 bits per heavy atom. The summed E-state index contributed by atoms with van der Waals surface area (Å²) in [6.45, 7) is 5.91. The van der Waals surface area contributed by atoms with E-state index in [-0.39, 0.29) is 11.8 Å². The van der Waals surface area contributed by atoms with Gasteiger partial charge < -0.3 is 10.8 Å². The molecule has 0 aromatic heterocycles. The van der Waals surface area contributed by atoms with Gasteiger partial charge in [-0.05, 0) is 38.0 Å². The minimum absolute atomic E-state index is 0.0313. The fraction of sp³-hybridized carbons (Fsp3) is 0.833. The van der Waals surface area contributed by atoms with Gasteiger partial charge in [-0.1, -0.05) is 84.3 Å². The quantitative estimate of drug-likeness (QED) is 0.219. The number of aliphatic hydroxyl groups excluding tert-OH is 1. The molecular formula is C24H46N2O3. The fourth-order valence-electron chi connectivity index (χ4n) is 3.17. The number of carbonyl (C=O) groups is 2. The Morgan fingerprint density at radius 1 is 0.862 bits per heavy atom. The first-order valence-electron chi connectivity index (χ1n) is 11.8. The van der Waals surface area contributed by atoms with E-state index in [0.717, 1.165) is 25.7 Å². The van der Waals surface area contributed by atoms with Gasteiger partial charge in [0.15, 0.2) is 0 Å². The molecule has 4 N–H and O–H groups in total. The van der Waals surface area contributed by atoms with E-state index >= 15 is 0 Å². The summed E-state index contributed by atoms with van der Waals surface area (Å²) >= 11 is 0. The summed E-state index contributed by atoms with van der Waals surface area (Å²) in [6.07, 6.45) is 19.3. The minimum atomic E-state index is -1.34. The van der Waals surface area contributed by atoms with Gasteiger partial charge in [-0.2, -0.15) is 0 Å². The zero-order valence-electron chi connectivity index (χ0n) is 19.1. The van der Waals surface area contributed by atoms with Crippen LogP contribution in [0.15, 0.2) is 12.2 Å². The van der Waals surface area contributed by atoms with E-state index in [4.69, 9.17) is 5.73 Å². The molecule has 0 aliphatic heterocycles. The highest BCUT2D eigenvalue weighted by atomic mass is 16.3. The Hall–Kier alpha value is -1.20. The standard InChI is InChI=1S/C24H46N2O3/c1-4-5-6-7-8-9-10-11-12-13-14-15-16-17-18-19-21(27)26-24(29)23(28)22(25)20(2)3/h11-12,20,22-23,28H,4-10,13-19,25H2,1-3H3,(H,26,27,29)/b12-11-/t22-,23?/m0/s1. The second-order valence-electron chi connectivity index (χ2n) is 8.51. The number of hydrogen-bond donors (Lipinski definition) is 3. The maximum absolute atomic E-state index is 11.8. The molecule has 0 radical (unpaired) electrons. The molecule has 2 amide bonds. The number of aliphatic hydroxyl groups is 1. The summed E-state index contributed by atoms with van der Waals surface area (Å²) in [5.41, 5.74) is 5.75. The number of unbranched alkanes of at least 4 members (excludes halogenated alkanes) is 11. The molecule has 0 saturated carbocycles. The molecular weight excluding hydrogens is 364 g/mol. The Morgan fingerprint density at radius 2 is 1.34 bits per heavy atom. The van der Waals surface area contributed by atoms with Crippen LogP contribution in [0.3, 0.4) is 0 Å². The summed E-state index contributed by atoms with van der Waals surface area (Å²) in [6, 6.07) is -0.664. The highest BCUT2D eigenvalue weighted by Gasteiger charge is 2.26. The predicted molar refractivity (Wildman–Crippen MR) is 121 cm³/mol. The Bertz CT molecular complexity index is 449. The van der Waals surface area contributed by atoms with Gasteiger partial charge in [-0.25, -0.2) is 0 Å². The maximum Gasteiger partial charge on any atom is 0.257 e. The second kappa shape index (κ2) is 18.8. The van der Waals surface area contributed by atoms with Crippen LogP contribution in [0.25, 0.3) is 0 Å². The number of nitrogens with one attached hydrogen (secondary N) is 1. The Labute approximate surface area is 178 Å². The number of allylic oxidation sites excluding steroid dienone is 2. The van der Waals surface area contributed by atoms with Gasteiger partial charge in [-0.15, -0.1) is 0 Å². The second-order valence-corrected chi connectivity index (χ2v) is 8.51. The SMILES string of the molecule is CCCCCCCC/C=C\CCCCCCCC(=O)NC(=O)C(O)[C@@H](N)C(C)C. The molecule has 5 heteroatoms. The van der Waals surface area contributed by atoms with Crippen LogP contribution in [0.1, 0.15) is 111 Å². The summed E-state index contributed by atoms with van der Waals surface area (Å²) < 4.78 is 0. The lowest BCUT2D eigenvalue weighted by Crippen LogP contribution is -2.50. The van der Waals surface area contributed by atoms with Crippen LogP contribution in [-0.2, 0) is 9.59 Å². The lowest BCUT2D eigenvalue weighted by molar-refractivity contribution is -0.137. The van der Waals surface area contributed by atoms with Crippen LogP contribution >= 0.6 is 0 Å². The Kier molecular flexibility index (Phi) is 18.0. The number of hydrogen-bond acceptors (Lipinski definition) is 4. The molecule has 29 heavy (non-hydrogen) atoms. The third-order valence-electron chi connectivity index (χ3n) is 5.33. The molecule has 0 aromatic carbocycles. The largest absolute Gasteiger partial charge is 0.382 e. The molecule has 0 aromatic rings. The zero-order valence-corrected chi connectivity index (χ0v) is 19.1. The number of rotatable bonds is 18. The predicted octanol–water partition coefficient (Wildman–Crippen LogP) is 5.01. The van der Waals surface area contributed by atoms with Crippen molar-refractivity contribution in [2.75, 3.05) is 0 Å². The summed E-state index contributed by atoms with van der Waals surface area (Å²) in [4.78, 5) is 23.6. The van der Waals surface area contributed by atoms with Crippen LogP contribution < -0.4 is 11.1 Å². The molecule has 0 heterocycles. The Balaban J connectivity index is 3.53. The van der Waals surface area contributed by atoms with Crippen LogP contribution in [0.5, 0.6) is 0 Å². The third kappa shape index (κ3) is 16.3. The minimum Gasteiger partial charge on any atom is -0.382 e. The molecule has 0 bridgehead atoms. The summed E-state index contributed by atoms with van der Waals surface area (Å²) in [5, 5.41) is 12.1. The highest BCUT2D eigenvalue weighted by Crippen LogP contribution is 2.10. The average molecular weight is 411 g/mol. The summed E-state index contributed by atoms with van der Waals surface area (Å²) in [7, 11) is 0. The van der Waals surface area contributed by atoms with Gasteiger partial charge in [0, 0.05) is 12.5 Å². The number of imide groups is 1. The first kappa shape index (κ1) is 27.8. The molecule has 0 saturated heterocycles. The lowest BCUT2D eigenvalue weighted by atomic mass is 9.99.